The molecule has 0 aliphatic rings. The molecule has 1 unspecified atom stereocenters. The lowest BCUT2D eigenvalue weighted by molar-refractivity contribution is 0.292. The molecule has 2 aromatic rings. The van der Waals surface area contributed by atoms with Crippen LogP contribution in [0.1, 0.15) is 43.8 Å². The number of rotatable bonds is 6. The fourth-order valence-electron chi connectivity index (χ4n) is 2.10. The van der Waals surface area contributed by atoms with E-state index in [1.54, 1.807) is 0 Å². The van der Waals surface area contributed by atoms with Gasteiger partial charge >= 0.3 is 0 Å². The molecule has 0 amide bonds. The van der Waals surface area contributed by atoms with Crippen molar-refractivity contribution in [2.24, 2.45) is 5.73 Å². The molecule has 0 saturated heterocycles. The summed E-state index contributed by atoms with van der Waals surface area (Å²) in [5, 5.41) is 4.52. The molecule has 2 rings (SSSR count). The molecule has 1 aromatic heterocycles. The number of benzene rings is 1. The minimum atomic E-state index is 0.0534. The van der Waals surface area contributed by atoms with Gasteiger partial charge in [-0.1, -0.05) is 19.1 Å². The Labute approximate surface area is 120 Å². The highest BCUT2D eigenvalue weighted by molar-refractivity contribution is 5.29. The highest BCUT2D eigenvalue weighted by atomic mass is 16.5. The zero-order chi connectivity index (χ0) is 14.5. The molecule has 0 aliphatic carbocycles. The van der Waals surface area contributed by atoms with Crippen LogP contribution in [-0.2, 0) is 19.6 Å². The average molecular weight is 273 g/mol. The van der Waals surface area contributed by atoms with Crippen molar-refractivity contribution in [3.05, 3.63) is 47.3 Å². The number of aromatic nitrogens is 2. The van der Waals surface area contributed by atoms with Gasteiger partial charge in [0.1, 0.15) is 12.4 Å². The zero-order valence-corrected chi connectivity index (χ0v) is 12.5. The lowest BCUT2D eigenvalue weighted by Crippen LogP contribution is -2.07. The second-order valence-corrected chi connectivity index (χ2v) is 4.94. The van der Waals surface area contributed by atoms with Gasteiger partial charge in [-0.25, -0.2) is 0 Å². The quantitative estimate of drug-likeness (QED) is 0.880. The first-order valence-corrected chi connectivity index (χ1v) is 7.18. The topological polar surface area (TPSA) is 53.1 Å². The van der Waals surface area contributed by atoms with E-state index in [0.29, 0.717) is 6.61 Å². The zero-order valence-electron chi connectivity index (χ0n) is 12.5. The smallest absolute Gasteiger partial charge is 0.130 e. The number of ether oxygens (including phenoxy) is 1. The first-order valence-electron chi connectivity index (χ1n) is 7.18. The number of hydrogen-bond acceptors (Lipinski definition) is 3. The van der Waals surface area contributed by atoms with Gasteiger partial charge in [0.2, 0.25) is 0 Å². The summed E-state index contributed by atoms with van der Waals surface area (Å²) in [6, 6.07) is 10.1. The van der Waals surface area contributed by atoms with Crippen molar-refractivity contribution >= 4 is 0 Å². The molecule has 4 heteroatoms. The van der Waals surface area contributed by atoms with Crippen LogP contribution in [0.3, 0.4) is 0 Å². The molecule has 2 N–H and O–H groups in total. The normalized spacial score (nSPS) is 12.4. The van der Waals surface area contributed by atoms with E-state index in [9.17, 15) is 0 Å². The highest BCUT2D eigenvalue weighted by Gasteiger charge is 2.06. The summed E-state index contributed by atoms with van der Waals surface area (Å²) < 4.78 is 7.82. The van der Waals surface area contributed by atoms with Crippen molar-refractivity contribution in [3.8, 4) is 5.75 Å². The summed E-state index contributed by atoms with van der Waals surface area (Å²) in [6.07, 6.45) is 0.948. The molecule has 20 heavy (non-hydrogen) atoms. The Bertz CT molecular complexity index is 543. The van der Waals surface area contributed by atoms with Crippen LogP contribution in [0.5, 0.6) is 5.75 Å². The van der Waals surface area contributed by atoms with Gasteiger partial charge in [0.25, 0.3) is 0 Å². The Morgan fingerprint density at radius 3 is 2.50 bits per heavy atom. The van der Waals surface area contributed by atoms with E-state index >= 15 is 0 Å². The van der Waals surface area contributed by atoms with Gasteiger partial charge in [-0.05, 0) is 44.0 Å². The standard InChI is InChI=1S/C16H23N3O/c1-4-14-10-15(19(5-2)18-14)11-20-16-8-6-13(7-9-16)12(3)17/h6-10,12H,4-5,11,17H2,1-3H3. The predicted octanol–water partition coefficient (Wildman–Crippen LogP) is 3.06. The number of hydrogen-bond donors (Lipinski definition) is 1. The van der Waals surface area contributed by atoms with Crippen molar-refractivity contribution in [1.82, 2.24) is 9.78 Å². The minimum Gasteiger partial charge on any atom is -0.487 e. The molecule has 1 heterocycles. The molecule has 0 saturated carbocycles. The minimum absolute atomic E-state index is 0.0534. The molecule has 0 fully saturated rings. The molecule has 1 aromatic carbocycles. The Balaban J connectivity index is 2.02. The molecule has 108 valence electrons. The van der Waals surface area contributed by atoms with E-state index in [-0.39, 0.29) is 6.04 Å². The molecular formula is C16H23N3O. The fraction of sp³-hybridized carbons (Fsp3) is 0.438. The van der Waals surface area contributed by atoms with Crippen LogP contribution in [0.25, 0.3) is 0 Å². The van der Waals surface area contributed by atoms with Crippen LogP contribution in [0.2, 0.25) is 0 Å². The second-order valence-electron chi connectivity index (χ2n) is 4.94. The van der Waals surface area contributed by atoms with Gasteiger partial charge < -0.3 is 10.5 Å². The van der Waals surface area contributed by atoms with Crippen molar-refractivity contribution in [1.29, 1.82) is 0 Å². The Kier molecular flexibility index (Phi) is 4.79. The Morgan fingerprint density at radius 1 is 1.25 bits per heavy atom. The van der Waals surface area contributed by atoms with Crippen molar-refractivity contribution < 1.29 is 4.74 Å². The van der Waals surface area contributed by atoms with Crippen molar-refractivity contribution in [2.75, 3.05) is 0 Å². The third-order valence-corrected chi connectivity index (χ3v) is 3.37. The van der Waals surface area contributed by atoms with Gasteiger partial charge in [0, 0.05) is 12.6 Å². The van der Waals surface area contributed by atoms with Crippen LogP contribution < -0.4 is 10.5 Å². The summed E-state index contributed by atoms with van der Waals surface area (Å²) in [4.78, 5) is 0. The van der Waals surface area contributed by atoms with Crippen LogP contribution in [0, 0.1) is 0 Å². The van der Waals surface area contributed by atoms with Crippen molar-refractivity contribution in [2.45, 2.75) is 46.4 Å². The van der Waals surface area contributed by atoms with E-state index in [1.165, 1.54) is 0 Å². The number of nitrogens with zero attached hydrogens (tertiary/aromatic N) is 2. The molecule has 0 bridgehead atoms. The summed E-state index contributed by atoms with van der Waals surface area (Å²) in [5.41, 5.74) is 9.17. The van der Waals surface area contributed by atoms with E-state index in [1.807, 2.05) is 35.9 Å². The summed E-state index contributed by atoms with van der Waals surface area (Å²) in [6.45, 7) is 7.58. The molecular weight excluding hydrogens is 250 g/mol. The fourth-order valence-corrected chi connectivity index (χ4v) is 2.10. The van der Waals surface area contributed by atoms with Gasteiger partial charge in [-0.3, -0.25) is 4.68 Å². The maximum Gasteiger partial charge on any atom is 0.130 e. The molecule has 4 nitrogen and oxygen atoms in total. The average Bonchev–Trinajstić information content (AvgIpc) is 2.88. The SMILES string of the molecule is CCc1cc(COc2ccc(C(C)N)cc2)n(CC)n1. The van der Waals surface area contributed by atoms with E-state index < -0.39 is 0 Å². The van der Waals surface area contributed by atoms with Crippen LogP contribution in [-0.4, -0.2) is 9.78 Å². The first kappa shape index (κ1) is 14.6. The van der Waals surface area contributed by atoms with Crippen LogP contribution in [0.15, 0.2) is 30.3 Å². The lowest BCUT2D eigenvalue weighted by Gasteiger charge is -2.09. The van der Waals surface area contributed by atoms with Gasteiger partial charge in [0.05, 0.1) is 11.4 Å². The summed E-state index contributed by atoms with van der Waals surface area (Å²) >= 11 is 0. The second kappa shape index (κ2) is 6.57. The Hall–Kier alpha value is -1.81. The van der Waals surface area contributed by atoms with Crippen LogP contribution in [0.4, 0.5) is 0 Å². The van der Waals surface area contributed by atoms with Crippen molar-refractivity contribution in [3.63, 3.8) is 0 Å². The van der Waals surface area contributed by atoms with Gasteiger partial charge in [-0.2, -0.15) is 5.10 Å². The third-order valence-electron chi connectivity index (χ3n) is 3.37. The number of aryl methyl sites for hydroxylation is 2. The predicted molar refractivity (Wildman–Crippen MR) is 80.7 cm³/mol. The molecule has 0 aliphatic heterocycles. The molecule has 0 spiro atoms. The maximum absolute atomic E-state index is 5.83. The summed E-state index contributed by atoms with van der Waals surface area (Å²) in [5.74, 6) is 0.858. The lowest BCUT2D eigenvalue weighted by atomic mass is 10.1. The van der Waals surface area contributed by atoms with Crippen LogP contribution >= 0.6 is 0 Å². The Morgan fingerprint density at radius 2 is 1.95 bits per heavy atom. The monoisotopic (exact) mass is 273 g/mol. The maximum atomic E-state index is 5.83. The largest absolute Gasteiger partial charge is 0.487 e. The van der Waals surface area contributed by atoms with E-state index in [4.69, 9.17) is 10.5 Å². The molecule has 1 atom stereocenters. The van der Waals surface area contributed by atoms with E-state index in [0.717, 1.165) is 35.7 Å². The van der Waals surface area contributed by atoms with E-state index in [2.05, 4.69) is 25.0 Å². The third kappa shape index (κ3) is 3.39. The van der Waals surface area contributed by atoms with Gasteiger partial charge in [0.15, 0.2) is 0 Å². The highest BCUT2D eigenvalue weighted by Crippen LogP contribution is 2.17. The number of nitrogens with two attached hydrogens (primary N) is 1. The first-order chi connectivity index (χ1) is 9.63. The summed E-state index contributed by atoms with van der Waals surface area (Å²) in [7, 11) is 0. The van der Waals surface area contributed by atoms with Gasteiger partial charge in [-0.15, -0.1) is 0 Å². The molecule has 0 radical (unpaired) electrons.